The maximum Gasteiger partial charge on any atom is 0.0380 e. The fourth-order valence-corrected chi connectivity index (χ4v) is 1.70. The van der Waals surface area contributed by atoms with Crippen molar-refractivity contribution in [1.29, 1.82) is 0 Å². The van der Waals surface area contributed by atoms with Crippen LogP contribution in [0.3, 0.4) is 0 Å². The maximum atomic E-state index is 4.49. The van der Waals surface area contributed by atoms with Crippen LogP contribution in [0.1, 0.15) is 44.9 Å². The van der Waals surface area contributed by atoms with E-state index in [4.69, 9.17) is 0 Å². The minimum absolute atomic E-state index is 1.22. The van der Waals surface area contributed by atoms with E-state index >= 15 is 0 Å². The van der Waals surface area contributed by atoms with Crippen molar-refractivity contribution in [3.63, 3.8) is 0 Å². The molecule has 0 heterocycles. The summed E-state index contributed by atoms with van der Waals surface area (Å²) in [7, 11) is 4.01. The molecule has 2 heteroatoms. The van der Waals surface area contributed by atoms with Gasteiger partial charge in [-0.15, -0.1) is 0 Å². The van der Waals surface area contributed by atoms with Gasteiger partial charge in [-0.25, -0.2) is 0 Å². The van der Waals surface area contributed by atoms with Crippen LogP contribution in [-0.4, -0.2) is 24.8 Å². The van der Waals surface area contributed by atoms with Gasteiger partial charge >= 0.3 is 0 Å². The minimum Gasteiger partial charge on any atom is -0.303 e. The normalized spacial score (nSPS) is 19.7. The zero-order valence-corrected chi connectivity index (χ0v) is 8.34. The van der Waals surface area contributed by atoms with Crippen LogP contribution < -0.4 is 0 Å². The molecule has 1 fully saturated rings. The van der Waals surface area contributed by atoms with E-state index in [-0.39, 0.29) is 0 Å². The molecule has 0 aromatic carbocycles. The lowest BCUT2D eigenvalue weighted by molar-refractivity contribution is 0.431. The van der Waals surface area contributed by atoms with Gasteiger partial charge in [-0.2, -0.15) is 5.10 Å². The third kappa shape index (κ3) is 3.74. The van der Waals surface area contributed by atoms with E-state index < -0.39 is 0 Å². The Hall–Kier alpha value is -0.530. The van der Waals surface area contributed by atoms with Crippen LogP contribution in [0.4, 0.5) is 0 Å². The Morgan fingerprint density at radius 2 is 1.42 bits per heavy atom. The van der Waals surface area contributed by atoms with Gasteiger partial charge in [0.1, 0.15) is 0 Å². The second-order valence-corrected chi connectivity index (χ2v) is 3.78. The highest BCUT2D eigenvalue weighted by Gasteiger charge is 2.04. The number of hydrazone groups is 1. The van der Waals surface area contributed by atoms with Crippen LogP contribution in [0, 0.1) is 0 Å². The molecule has 0 radical (unpaired) electrons. The van der Waals surface area contributed by atoms with Crippen molar-refractivity contribution >= 4 is 5.71 Å². The second kappa shape index (κ2) is 5.18. The third-order valence-corrected chi connectivity index (χ3v) is 2.27. The van der Waals surface area contributed by atoms with E-state index in [0.717, 1.165) is 0 Å². The molecular formula is C10H20N2. The molecule has 1 aliphatic rings. The Morgan fingerprint density at radius 1 is 0.917 bits per heavy atom. The van der Waals surface area contributed by atoms with Crippen LogP contribution in [0.5, 0.6) is 0 Å². The maximum absolute atomic E-state index is 4.49. The largest absolute Gasteiger partial charge is 0.303 e. The molecule has 1 rings (SSSR count). The number of hydrogen-bond donors (Lipinski definition) is 0. The van der Waals surface area contributed by atoms with E-state index in [9.17, 15) is 0 Å². The smallest absolute Gasteiger partial charge is 0.0380 e. The molecule has 0 aliphatic heterocycles. The summed E-state index contributed by atoms with van der Waals surface area (Å²) in [4.78, 5) is 0. The molecule has 0 atom stereocenters. The molecule has 0 aromatic heterocycles. The minimum atomic E-state index is 1.22. The summed E-state index contributed by atoms with van der Waals surface area (Å²) >= 11 is 0. The Morgan fingerprint density at radius 3 is 1.92 bits per heavy atom. The first-order valence-electron chi connectivity index (χ1n) is 5.03. The fraction of sp³-hybridized carbons (Fsp3) is 0.900. The lowest BCUT2D eigenvalue weighted by Crippen LogP contribution is -2.10. The molecule has 0 spiro atoms. The lowest BCUT2D eigenvalue weighted by atomic mass is 9.99. The molecule has 1 saturated carbocycles. The Labute approximate surface area is 75.6 Å². The van der Waals surface area contributed by atoms with Gasteiger partial charge in [0.25, 0.3) is 0 Å². The van der Waals surface area contributed by atoms with Crippen LogP contribution >= 0.6 is 0 Å². The molecule has 12 heavy (non-hydrogen) atoms. The molecule has 2 nitrogen and oxygen atoms in total. The highest BCUT2D eigenvalue weighted by atomic mass is 15.4. The van der Waals surface area contributed by atoms with E-state index in [1.54, 1.807) is 0 Å². The lowest BCUT2D eigenvalue weighted by Gasteiger charge is -2.13. The molecule has 1 aliphatic carbocycles. The van der Waals surface area contributed by atoms with Crippen molar-refractivity contribution in [3.05, 3.63) is 0 Å². The van der Waals surface area contributed by atoms with E-state index in [2.05, 4.69) is 5.10 Å². The van der Waals surface area contributed by atoms with Crippen molar-refractivity contribution < 1.29 is 0 Å². The van der Waals surface area contributed by atoms with Crippen LogP contribution in [-0.2, 0) is 0 Å². The number of rotatable bonds is 1. The van der Waals surface area contributed by atoms with Crippen molar-refractivity contribution in [2.24, 2.45) is 5.10 Å². The van der Waals surface area contributed by atoms with Gasteiger partial charge < -0.3 is 5.01 Å². The van der Waals surface area contributed by atoms with Gasteiger partial charge in [0, 0.05) is 19.8 Å². The zero-order chi connectivity index (χ0) is 8.81. The van der Waals surface area contributed by atoms with Crippen LogP contribution in [0.25, 0.3) is 0 Å². The topological polar surface area (TPSA) is 15.6 Å². The monoisotopic (exact) mass is 168 g/mol. The second-order valence-electron chi connectivity index (χ2n) is 3.78. The van der Waals surface area contributed by atoms with Gasteiger partial charge in [-0.05, 0) is 25.7 Å². The standard InChI is InChI=1S/C10H20N2/c1-12(2)11-10-8-6-4-3-5-7-9-10/h3-9H2,1-2H3. The molecule has 70 valence electrons. The molecule has 0 N–H and O–H groups in total. The Kier molecular flexibility index (Phi) is 4.12. The van der Waals surface area contributed by atoms with E-state index in [0.29, 0.717) is 0 Å². The first-order valence-corrected chi connectivity index (χ1v) is 5.03. The highest BCUT2D eigenvalue weighted by molar-refractivity contribution is 5.84. The average Bonchev–Trinajstić information content (AvgIpc) is 1.93. The van der Waals surface area contributed by atoms with Gasteiger partial charge in [0.05, 0.1) is 0 Å². The van der Waals surface area contributed by atoms with Gasteiger partial charge in [-0.1, -0.05) is 19.3 Å². The summed E-state index contributed by atoms with van der Waals surface area (Å²) in [6.45, 7) is 0. The quantitative estimate of drug-likeness (QED) is 0.550. The summed E-state index contributed by atoms with van der Waals surface area (Å²) in [6.07, 6.45) is 9.34. The number of hydrogen-bond acceptors (Lipinski definition) is 2. The molecular weight excluding hydrogens is 148 g/mol. The predicted octanol–water partition coefficient (Wildman–Crippen LogP) is 2.65. The fourth-order valence-electron chi connectivity index (χ4n) is 1.70. The zero-order valence-electron chi connectivity index (χ0n) is 8.34. The summed E-state index contributed by atoms with van der Waals surface area (Å²) in [5, 5.41) is 6.42. The molecule has 0 aromatic rings. The summed E-state index contributed by atoms with van der Waals surface area (Å²) < 4.78 is 0. The molecule has 0 amide bonds. The van der Waals surface area contributed by atoms with Gasteiger partial charge in [0.15, 0.2) is 0 Å². The molecule has 0 bridgehead atoms. The van der Waals surface area contributed by atoms with Crippen LogP contribution in [0.2, 0.25) is 0 Å². The van der Waals surface area contributed by atoms with Crippen molar-refractivity contribution in [2.75, 3.05) is 14.1 Å². The first kappa shape index (κ1) is 9.56. The Balaban J connectivity index is 2.39. The average molecular weight is 168 g/mol. The number of nitrogens with zero attached hydrogens (tertiary/aromatic N) is 2. The van der Waals surface area contributed by atoms with Crippen LogP contribution in [0.15, 0.2) is 5.10 Å². The summed E-state index contributed by atoms with van der Waals surface area (Å²) in [5.41, 5.74) is 1.40. The highest BCUT2D eigenvalue weighted by Crippen LogP contribution is 2.15. The van der Waals surface area contributed by atoms with E-state index in [1.165, 1.54) is 50.7 Å². The van der Waals surface area contributed by atoms with Crippen molar-refractivity contribution in [1.82, 2.24) is 5.01 Å². The van der Waals surface area contributed by atoms with E-state index in [1.807, 2.05) is 19.1 Å². The summed E-state index contributed by atoms with van der Waals surface area (Å²) in [6, 6.07) is 0. The van der Waals surface area contributed by atoms with Gasteiger partial charge in [0.2, 0.25) is 0 Å². The Bertz CT molecular complexity index is 140. The van der Waals surface area contributed by atoms with Crippen molar-refractivity contribution in [3.8, 4) is 0 Å². The SMILES string of the molecule is CN(C)N=C1CCCCCCC1. The molecule has 0 saturated heterocycles. The van der Waals surface area contributed by atoms with Gasteiger partial charge in [-0.3, -0.25) is 0 Å². The van der Waals surface area contributed by atoms with Crippen molar-refractivity contribution in [2.45, 2.75) is 44.9 Å². The first-order chi connectivity index (χ1) is 5.79. The molecule has 0 unspecified atom stereocenters. The summed E-state index contributed by atoms with van der Waals surface area (Å²) in [5.74, 6) is 0. The third-order valence-electron chi connectivity index (χ3n) is 2.27. The predicted molar refractivity (Wildman–Crippen MR) is 53.4 cm³/mol.